The van der Waals surface area contributed by atoms with E-state index in [0.29, 0.717) is 37.9 Å². The molecule has 150 valence electrons. The molecule has 29 heavy (non-hydrogen) atoms. The molecule has 0 bridgehead atoms. The predicted molar refractivity (Wildman–Crippen MR) is 114 cm³/mol. The Labute approximate surface area is 172 Å². The van der Waals surface area contributed by atoms with E-state index in [1.807, 2.05) is 62.1 Å². The fourth-order valence-electron chi connectivity index (χ4n) is 4.30. The molecule has 1 fully saturated rings. The number of ether oxygens (including phenoxy) is 1. The summed E-state index contributed by atoms with van der Waals surface area (Å²) in [5.41, 5.74) is 4.51. The number of rotatable bonds is 2. The van der Waals surface area contributed by atoms with Crippen LogP contribution in [0.25, 0.3) is 6.08 Å². The molecule has 2 aromatic rings. The van der Waals surface area contributed by atoms with Crippen LogP contribution >= 0.6 is 0 Å². The highest BCUT2D eigenvalue weighted by molar-refractivity contribution is 6.01. The Morgan fingerprint density at radius 2 is 1.72 bits per heavy atom. The van der Waals surface area contributed by atoms with Crippen LogP contribution in [0.1, 0.15) is 51.9 Å². The molecular weight excluding hydrogens is 362 g/mol. The molecule has 0 aromatic heterocycles. The molecule has 2 heterocycles. The van der Waals surface area contributed by atoms with Crippen LogP contribution in [0.2, 0.25) is 0 Å². The van der Waals surface area contributed by atoms with E-state index in [9.17, 15) is 9.59 Å². The third-order valence-electron chi connectivity index (χ3n) is 6.00. The first-order valence-electron chi connectivity index (χ1n) is 10.2. The Morgan fingerprint density at radius 1 is 1.03 bits per heavy atom. The molecule has 0 atom stereocenters. The summed E-state index contributed by atoms with van der Waals surface area (Å²) >= 11 is 0. The maximum absolute atomic E-state index is 12.8. The van der Waals surface area contributed by atoms with E-state index in [-0.39, 0.29) is 11.7 Å². The molecule has 1 spiro atoms. The first kappa shape index (κ1) is 19.4. The van der Waals surface area contributed by atoms with Crippen molar-refractivity contribution in [2.24, 2.45) is 0 Å². The normalized spacial score (nSPS) is 18.0. The molecule has 1 amide bonds. The van der Waals surface area contributed by atoms with Gasteiger partial charge in [-0.15, -0.1) is 0 Å². The van der Waals surface area contributed by atoms with Crippen LogP contribution in [-0.2, 0) is 4.79 Å². The van der Waals surface area contributed by atoms with Gasteiger partial charge in [-0.1, -0.05) is 35.9 Å². The first-order chi connectivity index (χ1) is 13.8. The number of nitrogens with zero attached hydrogens (tertiary/aromatic N) is 1. The molecule has 0 aliphatic carbocycles. The molecule has 2 aliphatic rings. The number of fused-ring (bicyclic) bond motifs is 1. The van der Waals surface area contributed by atoms with E-state index < -0.39 is 5.60 Å². The summed E-state index contributed by atoms with van der Waals surface area (Å²) in [7, 11) is 0. The highest BCUT2D eigenvalue weighted by atomic mass is 16.5. The Hall–Kier alpha value is -2.88. The number of hydrogen-bond acceptors (Lipinski definition) is 3. The molecule has 0 radical (unpaired) electrons. The Balaban J connectivity index is 1.43. The lowest BCUT2D eigenvalue weighted by Crippen LogP contribution is -2.52. The van der Waals surface area contributed by atoms with Crippen LogP contribution in [-0.4, -0.2) is 35.3 Å². The van der Waals surface area contributed by atoms with Crippen molar-refractivity contribution in [1.82, 2.24) is 4.90 Å². The van der Waals surface area contributed by atoms with Crippen LogP contribution in [0.5, 0.6) is 5.75 Å². The number of amides is 1. The summed E-state index contributed by atoms with van der Waals surface area (Å²) in [6.45, 7) is 7.24. The monoisotopic (exact) mass is 389 g/mol. The van der Waals surface area contributed by atoms with Crippen LogP contribution < -0.4 is 4.74 Å². The first-order valence-corrected chi connectivity index (χ1v) is 10.2. The minimum atomic E-state index is -0.485. The largest absolute Gasteiger partial charge is 0.486 e. The minimum Gasteiger partial charge on any atom is -0.486 e. The molecule has 1 saturated heterocycles. The fourth-order valence-corrected chi connectivity index (χ4v) is 4.30. The van der Waals surface area contributed by atoms with Crippen LogP contribution in [0.15, 0.2) is 42.5 Å². The van der Waals surface area contributed by atoms with Gasteiger partial charge in [0, 0.05) is 32.0 Å². The maximum atomic E-state index is 12.8. The molecule has 4 nitrogen and oxygen atoms in total. The number of ketones is 1. The van der Waals surface area contributed by atoms with Gasteiger partial charge in [-0.2, -0.15) is 0 Å². The van der Waals surface area contributed by atoms with E-state index >= 15 is 0 Å². The zero-order valence-corrected chi connectivity index (χ0v) is 17.3. The van der Waals surface area contributed by atoms with Crippen LogP contribution in [0.4, 0.5) is 0 Å². The average Bonchev–Trinajstić information content (AvgIpc) is 2.69. The molecule has 0 saturated carbocycles. The Bertz CT molecular complexity index is 980. The van der Waals surface area contributed by atoms with Crippen LogP contribution in [0, 0.1) is 20.8 Å². The van der Waals surface area contributed by atoms with Crippen molar-refractivity contribution in [3.05, 3.63) is 70.3 Å². The summed E-state index contributed by atoms with van der Waals surface area (Å²) in [6, 6.07) is 12.1. The maximum Gasteiger partial charge on any atom is 0.246 e. The number of hydrogen-bond donors (Lipinski definition) is 0. The lowest BCUT2D eigenvalue weighted by atomic mass is 9.81. The van der Waals surface area contributed by atoms with Gasteiger partial charge in [-0.05, 0) is 49.6 Å². The number of aryl methyl sites for hydroxylation is 3. The third-order valence-corrected chi connectivity index (χ3v) is 6.00. The summed E-state index contributed by atoms with van der Waals surface area (Å²) in [5.74, 6) is 0.887. The lowest BCUT2D eigenvalue weighted by Gasteiger charge is -2.44. The second-order valence-electron chi connectivity index (χ2n) is 8.41. The Kier molecular flexibility index (Phi) is 5.03. The highest BCUT2D eigenvalue weighted by Gasteiger charge is 2.43. The topological polar surface area (TPSA) is 46.6 Å². The van der Waals surface area contributed by atoms with Gasteiger partial charge in [-0.25, -0.2) is 0 Å². The molecule has 2 aliphatic heterocycles. The standard InChI is InChI=1S/C25H27NO3/c1-17-4-6-20(7-5-17)8-9-23(28)26-12-10-25(11-13-26)16-22(27)21-15-18(2)14-19(3)24(21)29-25/h4-9,14-15H,10-13,16H2,1-3H3/b9-8+. The Morgan fingerprint density at radius 3 is 2.41 bits per heavy atom. The second kappa shape index (κ2) is 7.51. The SMILES string of the molecule is Cc1ccc(/C=C/C(=O)N2CCC3(CC2)CC(=O)c2cc(C)cc(C)c2O3)cc1. The van der Waals surface area contributed by atoms with Crippen molar-refractivity contribution in [1.29, 1.82) is 0 Å². The van der Waals surface area contributed by atoms with E-state index in [0.717, 1.165) is 22.4 Å². The highest BCUT2D eigenvalue weighted by Crippen LogP contribution is 2.41. The molecule has 0 N–H and O–H groups in total. The van der Waals surface area contributed by atoms with Crippen molar-refractivity contribution in [3.63, 3.8) is 0 Å². The zero-order valence-electron chi connectivity index (χ0n) is 17.3. The number of Topliss-reactive ketones (excluding diaryl/α,β-unsaturated/α-hetero) is 1. The summed E-state index contributed by atoms with van der Waals surface area (Å²) in [6.07, 6.45) is 5.24. The van der Waals surface area contributed by atoms with E-state index in [1.165, 1.54) is 5.56 Å². The van der Waals surface area contributed by atoms with Crippen molar-refractivity contribution in [2.75, 3.05) is 13.1 Å². The summed E-state index contributed by atoms with van der Waals surface area (Å²) in [5, 5.41) is 0. The van der Waals surface area contributed by atoms with Gasteiger partial charge in [0.15, 0.2) is 5.78 Å². The van der Waals surface area contributed by atoms with Gasteiger partial charge in [0.1, 0.15) is 11.4 Å². The number of carbonyl (C=O) groups is 2. The van der Waals surface area contributed by atoms with Crippen molar-refractivity contribution in [3.8, 4) is 5.75 Å². The van der Waals surface area contributed by atoms with Gasteiger partial charge in [0.2, 0.25) is 5.91 Å². The number of carbonyl (C=O) groups excluding carboxylic acids is 2. The quantitative estimate of drug-likeness (QED) is 0.703. The van der Waals surface area contributed by atoms with Gasteiger partial charge in [0.05, 0.1) is 12.0 Å². The number of likely N-dealkylation sites (tertiary alicyclic amines) is 1. The van der Waals surface area contributed by atoms with Gasteiger partial charge in [0.25, 0.3) is 0 Å². The smallest absolute Gasteiger partial charge is 0.246 e. The molecule has 2 aromatic carbocycles. The minimum absolute atomic E-state index is 0.00904. The molecule has 4 heteroatoms. The molecule has 4 rings (SSSR count). The summed E-state index contributed by atoms with van der Waals surface area (Å²) < 4.78 is 6.41. The van der Waals surface area contributed by atoms with Crippen molar-refractivity contribution < 1.29 is 14.3 Å². The van der Waals surface area contributed by atoms with E-state index in [1.54, 1.807) is 6.08 Å². The van der Waals surface area contributed by atoms with E-state index in [2.05, 4.69) is 6.07 Å². The number of benzene rings is 2. The van der Waals surface area contributed by atoms with Crippen molar-refractivity contribution >= 4 is 17.8 Å². The molecule has 0 unspecified atom stereocenters. The van der Waals surface area contributed by atoms with Crippen LogP contribution in [0.3, 0.4) is 0 Å². The van der Waals surface area contributed by atoms with E-state index in [4.69, 9.17) is 4.74 Å². The third kappa shape index (κ3) is 3.98. The average molecular weight is 389 g/mol. The summed E-state index contributed by atoms with van der Waals surface area (Å²) in [4.78, 5) is 27.2. The van der Waals surface area contributed by atoms with Gasteiger partial charge in [-0.3, -0.25) is 9.59 Å². The molecular formula is C25H27NO3. The second-order valence-corrected chi connectivity index (χ2v) is 8.41. The van der Waals surface area contributed by atoms with Gasteiger partial charge < -0.3 is 9.64 Å². The zero-order chi connectivity index (χ0) is 20.6. The fraction of sp³-hybridized carbons (Fsp3) is 0.360. The van der Waals surface area contributed by atoms with Crippen molar-refractivity contribution in [2.45, 2.75) is 45.6 Å². The predicted octanol–water partition coefficient (Wildman–Crippen LogP) is 4.65. The van der Waals surface area contributed by atoms with Gasteiger partial charge >= 0.3 is 0 Å². The lowest BCUT2D eigenvalue weighted by molar-refractivity contribution is -0.129. The number of piperidine rings is 1.